The van der Waals surface area contributed by atoms with E-state index < -0.39 is 0 Å². The molecule has 0 saturated heterocycles. The number of amides is 1. The lowest BCUT2D eigenvalue weighted by atomic mass is 10.1. The van der Waals surface area contributed by atoms with E-state index in [0.717, 1.165) is 15.6 Å². The summed E-state index contributed by atoms with van der Waals surface area (Å²) in [5, 5.41) is 0. The highest BCUT2D eigenvalue weighted by Crippen LogP contribution is 2.13. The van der Waals surface area contributed by atoms with Crippen LogP contribution in [0, 0.1) is 0 Å². The van der Waals surface area contributed by atoms with E-state index in [0.29, 0.717) is 19.7 Å². The summed E-state index contributed by atoms with van der Waals surface area (Å²) >= 11 is 3.39. The zero-order valence-corrected chi connectivity index (χ0v) is 15.7. The molecule has 1 aromatic heterocycles. The van der Waals surface area contributed by atoms with Crippen LogP contribution in [0.3, 0.4) is 0 Å². The van der Waals surface area contributed by atoms with Crippen LogP contribution < -0.4 is 0 Å². The van der Waals surface area contributed by atoms with Crippen LogP contribution >= 0.6 is 15.9 Å². The molecule has 0 saturated carbocycles. The average Bonchev–Trinajstić information content (AvgIpc) is 2.61. The number of nitrogens with zero attached hydrogens (tertiary/aromatic N) is 2. The van der Waals surface area contributed by atoms with Crippen LogP contribution in [0.2, 0.25) is 0 Å². The quantitative estimate of drug-likeness (QED) is 0.632. The maximum absolute atomic E-state index is 12.7. The molecule has 6 heteroatoms. The zero-order chi connectivity index (χ0) is 18.1. The average molecular weight is 405 g/mol. The van der Waals surface area contributed by atoms with Crippen molar-refractivity contribution < 1.29 is 14.3 Å². The number of carbonyl (C=O) groups is 2. The molecule has 5 nitrogen and oxygen atoms in total. The molecule has 0 spiro atoms. The Balaban J connectivity index is 2.04. The summed E-state index contributed by atoms with van der Waals surface area (Å²) in [5.41, 5.74) is 1.86. The third-order valence-corrected chi connectivity index (χ3v) is 4.14. The van der Waals surface area contributed by atoms with Crippen LogP contribution in [0.4, 0.5) is 0 Å². The van der Waals surface area contributed by atoms with E-state index in [2.05, 4.69) is 20.9 Å². The standard InChI is InChI=1S/C19H21BrN2O3/c1-2-25-19(24)9-11-22(14-16-4-3-10-21-13-16)18(23)12-15-5-7-17(20)8-6-15/h3-8,10,13H,2,9,11-12,14H2,1H3. The lowest BCUT2D eigenvalue weighted by Gasteiger charge is -2.22. The Kier molecular flexibility index (Phi) is 7.60. The largest absolute Gasteiger partial charge is 0.466 e. The summed E-state index contributed by atoms with van der Waals surface area (Å²) in [6, 6.07) is 11.4. The normalized spacial score (nSPS) is 10.3. The smallest absolute Gasteiger partial charge is 0.307 e. The Morgan fingerprint density at radius 2 is 1.92 bits per heavy atom. The van der Waals surface area contributed by atoms with Crippen molar-refractivity contribution in [3.8, 4) is 0 Å². The predicted octanol–water partition coefficient (Wildman–Crippen LogP) is 3.37. The van der Waals surface area contributed by atoms with Crippen LogP contribution in [0.5, 0.6) is 0 Å². The number of hydrogen-bond acceptors (Lipinski definition) is 4. The first-order valence-corrected chi connectivity index (χ1v) is 8.94. The number of esters is 1. The van der Waals surface area contributed by atoms with Gasteiger partial charge < -0.3 is 9.64 Å². The third-order valence-electron chi connectivity index (χ3n) is 3.61. The number of aromatic nitrogens is 1. The van der Waals surface area contributed by atoms with Gasteiger partial charge in [0.05, 0.1) is 19.4 Å². The first-order chi connectivity index (χ1) is 12.1. The van der Waals surface area contributed by atoms with Gasteiger partial charge in [0.15, 0.2) is 0 Å². The molecule has 0 aliphatic rings. The van der Waals surface area contributed by atoms with Crippen molar-refractivity contribution in [3.05, 3.63) is 64.4 Å². The van der Waals surface area contributed by atoms with E-state index in [1.807, 2.05) is 36.4 Å². The fourth-order valence-corrected chi connectivity index (χ4v) is 2.62. The Hall–Kier alpha value is -2.21. The molecular formula is C19H21BrN2O3. The summed E-state index contributed by atoms with van der Waals surface area (Å²) in [5.74, 6) is -0.328. The first-order valence-electron chi connectivity index (χ1n) is 8.15. The van der Waals surface area contributed by atoms with Crippen molar-refractivity contribution in [1.29, 1.82) is 0 Å². The minimum Gasteiger partial charge on any atom is -0.466 e. The molecule has 1 heterocycles. The summed E-state index contributed by atoms with van der Waals surface area (Å²) < 4.78 is 5.93. The number of hydrogen-bond donors (Lipinski definition) is 0. The van der Waals surface area contributed by atoms with Crippen LogP contribution in [0.25, 0.3) is 0 Å². The van der Waals surface area contributed by atoms with Crippen LogP contribution in [-0.4, -0.2) is 34.9 Å². The lowest BCUT2D eigenvalue weighted by molar-refractivity contribution is -0.144. The number of pyridine rings is 1. The van der Waals surface area contributed by atoms with Gasteiger partial charge in [-0.15, -0.1) is 0 Å². The van der Waals surface area contributed by atoms with Crippen LogP contribution in [0.1, 0.15) is 24.5 Å². The van der Waals surface area contributed by atoms with Gasteiger partial charge in [-0.05, 0) is 36.2 Å². The van der Waals surface area contributed by atoms with Gasteiger partial charge in [0.25, 0.3) is 0 Å². The molecule has 132 valence electrons. The van der Waals surface area contributed by atoms with Gasteiger partial charge in [-0.2, -0.15) is 0 Å². The Morgan fingerprint density at radius 3 is 2.56 bits per heavy atom. The molecule has 25 heavy (non-hydrogen) atoms. The van der Waals surface area contributed by atoms with Crippen molar-refractivity contribution in [2.45, 2.75) is 26.3 Å². The molecule has 0 aliphatic heterocycles. The van der Waals surface area contributed by atoms with E-state index in [1.165, 1.54) is 0 Å². The fourth-order valence-electron chi connectivity index (χ4n) is 2.35. The Morgan fingerprint density at radius 1 is 1.16 bits per heavy atom. The highest BCUT2D eigenvalue weighted by atomic mass is 79.9. The van der Waals surface area contributed by atoms with Crippen molar-refractivity contribution in [2.24, 2.45) is 0 Å². The van der Waals surface area contributed by atoms with Gasteiger partial charge in [-0.25, -0.2) is 0 Å². The maximum Gasteiger partial charge on any atom is 0.307 e. The Bertz CT molecular complexity index is 690. The summed E-state index contributed by atoms with van der Waals surface area (Å²) in [6.07, 6.45) is 3.89. The minimum atomic E-state index is -0.296. The molecule has 0 bridgehead atoms. The second-order valence-corrected chi connectivity index (χ2v) is 6.45. The van der Waals surface area contributed by atoms with Crippen molar-refractivity contribution in [1.82, 2.24) is 9.88 Å². The number of halogens is 1. The van der Waals surface area contributed by atoms with Gasteiger partial charge in [-0.1, -0.05) is 34.1 Å². The molecular weight excluding hydrogens is 384 g/mol. The molecule has 2 rings (SSSR count). The van der Waals surface area contributed by atoms with Gasteiger partial charge >= 0.3 is 5.97 Å². The van der Waals surface area contributed by atoms with Crippen molar-refractivity contribution in [2.75, 3.05) is 13.2 Å². The zero-order valence-electron chi connectivity index (χ0n) is 14.2. The summed E-state index contributed by atoms with van der Waals surface area (Å²) in [7, 11) is 0. The molecule has 0 atom stereocenters. The monoisotopic (exact) mass is 404 g/mol. The summed E-state index contributed by atoms with van der Waals surface area (Å²) in [4.78, 5) is 30.1. The van der Waals surface area contributed by atoms with Gasteiger partial charge in [0.1, 0.15) is 0 Å². The van der Waals surface area contributed by atoms with E-state index in [9.17, 15) is 9.59 Å². The SMILES string of the molecule is CCOC(=O)CCN(Cc1cccnc1)C(=O)Cc1ccc(Br)cc1. The number of ether oxygens (including phenoxy) is 1. The van der Waals surface area contributed by atoms with Crippen molar-refractivity contribution >= 4 is 27.8 Å². The number of rotatable bonds is 8. The van der Waals surface area contributed by atoms with E-state index in [4.69, 9.17) is 4.74 Å². The van der Waals surface area contributed by atoms with Gasteiger partial charge in [0.2, 0.25) is 5.91 Å². The van der Waals surface area contributed by atoms with Crippen LogP contribution in [-0.2, 0) is 27.3 Å². The van der Waals surface area contributed by atoms with E-state index in [-0.39, 0.29) is 24.7 Å². The third kappa shape index (κ3) is 6.66. The second-order valence-electron chi connectivity index (χ2n) is 5.53. The topological polar surface area (TPSA) is 59.5 Å². The fraction of sp³-hybridized carbons (Fsp3) is 0.316. The number of carbonyl (C=O) groups excluding carboxylic acids is 2. The van der Waals surface area contributed by atoms with E-state index in [1.54, 1.807) is 24.2 Å². The van der Waals surface area contributed by atoms with Crippen molar-refractivity contribution in [3.63, 3.8) is 0 Å². The highest BCUT2D eigenvalue weighted by Gasteiger charge is 2.16. The maximum atomic E-state index is 12.7. The number of benzene rings is 1. The van der Waals surface area contributed by atoms with Gasteiger partial charge in [0, 0.05) is 30.0 Å². The molecule has 0 fully saturated rings. The van der Waals surface area contributed by atoms with E-state index >= 15 is 0 Å². The minimum absolute atomic E-state index is 0.0320. The molecule has 0 aliphatic carbocycles. The van der Waals surface area contributed by atoms with Gasteiger partial charge in [-0.3, -0.25) is 14.6 Å². The first kappa shape index (κ1) is 19.1. The molecule has 0 unspecified atom stereocenters. The molecule has 0 radical (unpaired) electrons. The Labute approximate surface area is 156 Å². The van der Waals surface area contributed by atoms with Crippen LogP contribution in [0.15, 0.2) is 53.3 Å². The predicted molar refractivity (Wildman–Crippen MR) is 98.8 cm³/mol. The lowest BCUT2D eigenvalue weighted by Crippen LogP contribution is -2.34. The molecule has 2 aromatic rings. The molecule has 0 N–H and O–H groups in total. The molecule has 1 aromatic carbocycles. The molecule has 1 amide bonds. The summed E-state index contributed by atoms with van der Waals surface area (Å²) in [6.45, 7) is 2.85. The second kappa shape index (κ2) is 9.93. The highest BCUT2D eigenvalue weighted by molar-refractivity contribution is 9.10.